The van der Waals surface area contributed by atoms with Crippen LogP contribution in [0.1, 0.15) is 25.3 Å². The molecule has 23 heavy (non-hydrogen) atoms. The summed E-state index contributed by atoms with van der Waals surface area (Å²) >= 11 is 0. The summed E-state index contributed by atoms with van der Waals surface area (Å²) < 4.78 is 5.74. The van der Waals surface area contributed by atoms with E-state index in [0.29, 0.717) is 13.2 Å². The SMILES string of the molecule is C#CCN1CCC(C(=O)N[C@@H](C)COc2cccc(C)c2)CC1. The summed E-state index contributed by atoms with van der Waals surface area (Å²) in [5, 5.41) is 3.06. The molecule has 4 nitrogen and oxygen atoms in total. The number of amides is 1. The lowest BCUT2D eigenvalue weighted by molar-refractivity contribution is -0.127. The molecule has 1 aromatic rings. The van der Waals surface area contributed by atoms with Crippen molar-refractivity contribution in [2.24, 2.45) is 5.92 Å². The third-order valence-corrected chi connectivity index (χ3v) is 4.15. The second-order valence-corrected chi connectivity index (χ2v) is 6.29. The van der Waals surface area contributed by atoms with Gasteiger partial charge < -0.3 is 10.1 Å². The number of likely N-dealkylation sites (tertiary alicyclic amines) is 1. The first-order valence-electron chi connectivity index (χ1n) is 8.24. The molecule has 0 aromatic heterocycles. The van der Waals surface area contributed by atoms with Gasteiger partial charge in [0.1, 0.15) is 12.4 Å². The fourth-order valence-electron chi connectivity index (χ4n) is 2.81. The summed E-state index contributed by atoms with van der Waals surface area (Å²) in [6, 6.07) is 7.92. The van der Waals surface area contributed by atoms with E-state index in [2.05, 4.69) is 16.1 Å². The van der Waals surface area contributed by atoms with E-state index >= 15 is 0 Å². The second-order valence-electron chi connectivity index (χ2n) is 6.29. The molecule has 0 aliphatic carbocycles. The van der Waals surface area contributed by atoms with E-state index in [4.69, 9.17) is 11.2 Å². The van der Waals surface area contributed by atoms with Crippen LogP contribution in [0.3, 0.4) is 0 Å². The predicted molar refractivity (Wildman–Crippen MR) is 92.3 cm³/mol. The van der Waals surface area contributed by atoms with Gasteiger partial charge in [-0.3, -0.25) is 9.69 Å². The Morgan fingerprint density at radius 1 is 1.48 bits per heavy atom. The Labute approximate surface area is 139 Å². The number of benzene rings is 1. The van der Waals surface area contributed by atoms with Gasteiger partial charge in [-0.15, -0.1) is 6.42 Å². The van der Waals surface area contributed by atoms with Crippen LogP contribution in [0.4, 0.5) is 0 Å². The van der Waals surface area contributed by atoms with Crippen LogP contribution in [-0.4, -0.2) is 43.1 Å². The van der Waals surface area contributed by atoms with E-state index in [1.807, 2.05) is 38.1 Å². The number of carbonyl (C=O) groups is 1. The molecule has 1 fully saturated rings. The van der Waals surface area contributed by atoms with Gasteiger partial charge in [0.05, 0.1) is 12.6 Å². The molecule has 0 unspecified atom stereocenters. The number of hydrogen-bond donors (Lipinski definition) is 1. The maximum Gasteiger partial charge on any atom is 0.223 e. The smallest absolute Gasteiger partial charge is 0.223 e. The van der Waals surface area contributed by atoms with Crippen LogP contribution in [0.5, 0.6) is 5.75 Å². The highest BCUT2D eigenvalue weighted by Gasteiger charge is 2.25. The van der Waals surface area contributed by atoms with E-state index in [-0.39, 0.29) is 17.9 Å². The molecule has 0 radical (unpaired) electrons. The lowest BCUT2D eigenvalue weighted by Gasteiger charge is -2.30. The lowest BCUT2D eigenvalue weighted by atomic mass is 9.95. The van der Waals surface area contributed by atoms with Gasteiger partial charge in [-0.2, -0.15) is 0 Å². The zero-order valence-corrected chi connectivity index (χ0v) is 14.0. The van der Waals surface area contributed by atoms with Crippen molar-refractivity contribution >= 4 is 5.91 Å². The molecule has 1 amide bonds. The number of aryl methyl sites for hydroxylation is 1. The molecule has 1 heterocycles. The van der Waals surface area contributed by atoms with E-state index in [9.17, 15) is 4.79 Å². The van der Waals surface area contributed by atoms with Crippen LogP contribution in [0, 0.1) is 25.2 Å². The quantitative estimate of drug-likeness (QED) is 0.819. The molecule has 1 aliphatic rings. The third kappa shape index (κ3) is 5.61. The van der Waals surface area contributed by atoms with Crippen LogP contribution in [0.25, 0.3) is 0 Å². The summed E-state index contributed by atoms with van der Waals surface area (Å²) in [7, 11) is 0. The number of terminal acetylenes is 1. The molecular weight excluding hydrogens is 288 g/mol. The highest BCUT2D eigenvalue weighted by atomic mass is 16.5. The molecule has 0 saturated carbocycles. The lowest BCUT2D eigenvalue weighted by Crippen LogP contribution is -2.44. The number of rotatable bonds is 6. The Balaban J connectivity index is 1.72. The molecule has 4 heteroatoms. The van der Waals surface area contributed by atoms with E-state index in [0.717, 1.165) is 37.2 Å². The summed E-state index contributed by atoms with van der Waals surface area (Å²) in [6.07, 6.45) is 7.07. The minimum atomic E-state index is -0.00764. The van der Waals surface area contributed by atoms with Crippen LogP contribution in [0.15, 0.2) is 24.3 Å². The zero-order valence-electron chi connectivity index (χ0n) is 14.0. The Hall–Kier alpha value is -1.99. The van der Waals surface area contributed by atoms with Crippen LogP contribution in [0.2, 0.25) is 0 Å². The Morgan fingerprint density at radius 2 is 2.22 bits per heavy atom. The van der Waals surface area contributed by atoms with E-state index in [1.54, 1.807) is 0 Å². The largest absolute Gasteiger partial charge is 0.491 e. The summed E-state index contributed by atoms with van der Waals surface area (Å²) in [6.45, 7) is 6.96. The highest BCUT2D eigenvalue weighted by Crippen LogP contribution is 2.17. The van der Waals surface area contributed by atoms with Gasteiger partial charge in [0.15, 0.2) is 0 Å². The molecule has 124 valence electrons. The highest BCUT2D eigenvalue weighted by molar-refractivity contribution is 5.79. The summed E-state index contributed by atoms with van der Waals surface area (Å²) in [5.74, 6) is 3.72. The van der Waals surface area contributed by atoms with Crippen molar-refractivity contribution in [1.82, 2.24) is 10.2 Å². The number of nitrogens with one attached hydrogen (secondary N) is 1. The minimum absolute atomic E-state index is 0.00764. The second kappa shape index (κ2) is 8.59. The van der Waals surface area contributed by atoms with Crippen molar-refractivity contribution < 1.29 is 9.53 Å². The maximum absolute atomic E-state index is 12.3. The van der Waals surface area contributed by atoms with Crippen LogP contribution < -0.4 is 10.1 Å². The molecule has 0 bridgehead atoms. The molecule has 1 atom stereocenters. The van der Waals surface area contributed by atoms with Crippen molar-refractivity contribution in [2.45, 2.75) is 32.7 Å². The standard InChI is InChI=1S/C19H26N2O2/c1-4-10-21-11-8-17(9-12-21)19(22)20-16(3)14-23-18-7-5-6-15(2)13-18/h1,5-7,13,16-17H,8-12,14H2,2-3H3,(H,20,22)/t16-/m0/s1. The Kier molecular flexibility index (Phi) is 6.49. The monoisotopic (exact) mass is 314 g/mol. The molecule has 1 saturated heterocycles. The van der Waals surface area contributed by atoms with Gasteiger partial charge in [-0.1, -0.05) is 18.1 Å². The molecule has 1 aromatic carbocycles. The van der Waals surface area contributed by atoms with Gasteiger partial charge in [0, 0.05) is 5.92 Å². The van der Waals surface area contributed by atoms with Crippen molar-refractivity contribution in [3.63, 3.8) is 0 Å². The van der Waals surface area contributed by atoms with Crippen molar-refractivity contribution in [3.05, 3.63) is 29.8 Å². The Bertz CT molecular complexity index is 557. The average Bonchev–Trinajstić information content (AvgIpc) is 2.54. The van der Waals surface area contributed by atoms with Crippen molar-refractivity contribution in [3.8, 4) is 18.1 Å². The summed E-state index contributed by atoms with van der Waals surface area (Å²) in [4.78, 5) is 14.5. The van der Waals surface area contributed by atoms with Gasteiger partial charge in [-0.05, 0) is 57.5 Å². The van der Waals surface area contributed by atoms with Gasteiger partial charge in [0.2, 0.25) is 5.91 Å². The first kappa shape index (κ1) is 17.4. The fraction of sp³-hybridized carbons (Fsp3) is 0.526. The number of carbonyl (C=O) groups excluding carboxylic acids is 1. The molecule has 1 aliphatic heterocycles. The number of piperidine rings is 1. The Morgan fingerprint density at radius 3 is 2.87 bits per heavy atom. The van der Waals surface area contributed by atoms with Gasteiger partial charge >= 0.3 is 0 Å². The predicted octanol–water partition coefficient (Wildman–Crippen LogP) is 2.22. The first-order chi connectivity index (χ1) is 11.1. The van der Waals surface area contributed by atoms with Crippen LogP contribution >= 0.6 is 0 Å². The van der Waals surface area contributed by atoms with E-state index in [1.165, 1.54) is 0 Å². The topological polar surface area (TPSA) is 41.6 Å². The normalized spacial score (nSPS) is 17.3. The van der Waals surface area contributed by atoms with Crippen molar-refractivity contribution in [2.75, 3.05) is 26.2 Å². The fourth-order valence-corrected chi connectivity index (χ4v) is 2.81. The van der Waals surface area contributed by atoms with Gasteiger partial charge in [-0.25, -0.2) is 0 Å². The minimum Gasteiger partial charge on any atom is -0.491 e. The number of nitrogens with zero attached hydrogens (tertiary/aromatic N) is 1. The van der Waals surface area contributed by atoms with Crippen LogP contribution in [-0.2, 0) is 4.79 Å². The molecule has 2 rings (SSSR count). The van der Waals surface area contributed by atoms with E-state index < -0.39 is 0 Å². The third-order valence-electron chi connectivity index (χ3n) is 4.15. The van der Waals surface area contributed by atoms with Gasteiger partial charge in [0.25, 0.3) is 0 Å². The molecule has 0 spiro atoms. The summed E-state index contributed by atoms with van der Waals surface area (Å²) in [5.41, 5.74) is 1.16. The molecular formula is C19H26N2O2. The first-order valence-corrected chi connectivity index (χ1v) is 8.24. The average molecular weight is 314 g/mol. The molecule has 1 N–H and O–H groups in total. The number of ether oxygens (including phenoxy) is 1. The van der Waals surface area contributed by atoms with Crippen molar-refractivity contribution in [1.29, 1.82) is 0 Å². The maximum atomic E-state index is 12.3. The number of hydrogen-bond acceptors (Lipinski definition) is 3. The zero-order chi connectivity index (χ0) is 16.7.